The Labute approximate surface area is 104 Å². The Morgan fingerprint density at radius 1 is 1.60 bits per heavy atom. The van der Waals surface area contributed by atoms with Crippen LogP contribution in [0.3, 0.4) is 0 Å². The van der Waals surface area contributed by atoms with Gasteiger partial charge in [-0.25, -0.2) is 0 Å². The molecule has 0 radical (unpaired) electrons. The zero-order chi connectivity index (χ0) is 10.8. The van der Waals surface area contributed by atoms with E-state index in [9.17, 15) is 0 Å². The van der Waals surface area contributed by atoms with Crippen molar-refractivity contribution in [2.24, 2.45) is 0 Å². The summed E-state index contributed by atoms with van der Waals surface area (Å²) in [6.45, 7) is 7.87. The first-order valence-corrected chi connectivity index (χ1v) is 7.03. The minimum atomic E-state index is 0.614. The molecule has 1 aromatic heterocycles. The van der Waals surface area contributed by atoms with E-state index in [4.69, 9.17) is 0 Å². The van der Waals surface area contributed by atoms with E-state index in [-0.39, 0.29) is 0 Å². The van der Waals surface area contributed by atoms with Gasteiger partial charge in [0.05, 0.1) is 3.79 Å². The molecule has 0 spiro atoms. The summed E-state index contributed by atoms with van der Waals surface area (Å²) in [5, 5.41) is 5.74. The minimum absolute atomic E-state index is 0.614. The Morgan fingerprint density at radius 3 is 3.07 bits per heavy atom. The van der Waals surface area contributed by atoms with Crippen LogP contribution in [-0.2, 0) is 6.54 Å². The molecule has 1 aliphatic rings. The molecular formula is C11H17BrN2S. The number of hydrogen-bond acceptors (Lipinski definition) is 3. The van der Waals surface area contributed by atoms with Crippen molar-refractivity contribution in [3.05, 3.63) is 20.8 Å². The monoisotopic (exact) mass is 288 g/mol. The molecule has 84 valence electrons. The molecule has 2 atom stereocenters. The maximum Gasteiger partial charge on any atom is 0.0701 e. The van der Waals surface area contributed by atoms with Gasteiger partial charge in [0.1, 0.15) is 0 Å². The van der Waals surface area contributed by atoms with E-state index in [2.05, 4.69) is 51.4 Å². The van der Waals surface area contributed by atoms with Gasteiger partial charge in [-0.1, -0.05) is 0 Å². The quantitative estimate of drug-likeness (QED) is 0.900. The molecule has 1 fully saturated rings. The third kappa shape index (κ3) is 3.03. The molecule has 2 rings (SSSR count). The van der Waals surface area contributed by atoms with Crippen LogP contribution in [0.25, 0.3) is 0 Å². The molecule has 15 heavy (non-hydrogen) atoms. The van der Waals surface area contributed by atoms with Gasteiger partial charge >= 0.3 is 0 Å². The van der Waals surface area contributed by atoms with Crippen molar-refractivity contribution in [2.75, 3.05) is 13.1 Å². The number of piperazine rings is 1. The lowest BCUT2D eigenvalue weighted by atomic mass is 10.1. The molecule has 4 heteroatoms. The topological polar surface area (TPSA) is 15.3 Å². The number of rotatable bonds is 2. The van der Waals surface area contributed by atoms with Crippen molar-refractivity contribution in [3.63, 3.8) is 0 Å². The first-order chi connectivity index (χ1) is 7.15. The van der Waals surface area contributed by atoms with Gasteiger partial charge in [0.2, 0.25) is 0 Å². The maximum absolute atomic E-state index is 3.51. The highest BCUT2D eigenvalue weighted by Gasteiger charge is 2.22. The smallest absolute Gasteiger partial charge is 0.0701 e. The second-order valence-corrected chi connectivity index (χ2v) is 6.64. The molecular weight excluding hydrogens is 272 g/mol. The number of halogens is 1. The summed E-state index contributed by atoms with van der Waals surface area (Å²) < 4.78 is 1.23. The Bertz CT molecular complexity index is 326. The molecule has 2 unspecified atom stereocenters. The molecule has 0 amide bonds. The van der Waals surface area contributed by atoms with Crippen LogP contribution in [0.15, 0.2) is 15.2 Å². The van der Waals surface area contributed by atoms with Gasteiger partial charge in [0.15, 0.2) is 0 Å². The molecule has 0 bridgehead atoms. The summed E-state index contributed by atoms with van der Waals surface area (Å²) >= 11 is 5.28. The summed E-state index contributed by atoms with van der Waals surface area (Å²) in [4.78, 5) is 2.55. The standard InChI is InChI=1S/C11H17BrN2S/c1-8-5-14(9(2)4-13-8)6-10-3-11(12)15-7-10/h3,7-9,13H,4-6H2,1-2H3. The summed E-state index contributed by atoms with van der Waals surface area (Å²) in [6, 6.07) is 3.48. The Hall–Kier alpha value is 0.1000. The lowest BCUT2D eigenvalue weighted by molar-refractivity contribution is 0.139. The average molecular weight is 289 g/mol. The maximum atomic E-state index is 3.51. The molecule has 2 heterocycles. The van der Waals surface area contributed by atoms with Gasteiger partial charge in [-0.15, -0.1) is 11.3 Å². The van der Waals surface area contributed by atoms with Gasteiger partial charge in [-0.05, 0) is 46.8 Å². The summed E-state index contributed by atoms with van der Waals surface area (Å²) in [5.41, 5.74) is 1.42. The predicted octanol–water partition coefficient (Wildman–Crippen LogP) is 2.69. The third-order valence-electron chi connectivity index (χ3n) is 2.90. The van der Waals surface area contributed by atoms with Gasteiger partial charge in [-0.3, -0.25) is 4.90 Å². The highest BCUT2D eigenvalue weighted by Crippen LogP contribution is 2.22. The fourth-order valence-electron chi connectivity index (χ4n) is 1.98. The van der Waals surface area contributed by atoms with Crippen molar-refractivity contribution in [3.8, 4) is 0 Å². The van der Waals surface area contributed by atoms with Gasteiger partial charge < -0.3 is 5.32 Å². The lowest BCUT2D eigenvalue weighted by Gasteiger charge is -2.37. The fraction of sp³-hybridized carbons (Fsp3) is 0.636. The summed E-state index contributed by atoms with van der Waals surface area (Å²) in [6.07, 6.45) is 0. The van der Waals surface area contributed by atoms with E-state index in [1.54, 1.807) is 11.3 Å². The van der Waals surface area contributed by atoms with Gasteiger partial charge in [0, 0.05) is 31.7 Å². The number of nitrogens with zero attached hydrogens (tertiary/aromatic N) is 1. The predicted molar refractivity (Wildman–Crippen MR) is 69.4 cm³/mol. The number of thiophene rings is 1. The number of hydrogen-bond donors (Lipinski definition) is 1. The lowest BCUT2D eigenvalue weighted by Crippen LogP contribution is -2.53. The van der Waals surface area contributed by atoms with Crippen LogP contribution >= 0.6 is 27.3 Å². The van der Waals surface area contributed by atoms with Gasteiger partial charge in [-0.2, -0.15) is 0 Å². The van der Waals surface area contributed by atoms with Crippen molar-refractivity contribution in [2.45, 2.75) is 32.5 Å². The first-order valence-electron chi connectivity index (χ1n) is 5.35. The minimum Gasteiger partial charge on any atom is -0.311 e. The highest BCUT2D eigenvalue weighted by atomic mass is 79.9. The van der Waals surface area contributed by atoms with Crippen LogP contribution in [0.4, 0.5) is 0 Å². The van der Waals surface area contributed by atoms with Gasteiger partial charge in [0.25, 0.3) is 0 Å². The van der Waals surface area contributed by atoms with Crippen LogP contribution in [0.5, 0.6) is 0 Å². The molecule has 0 aliphatic carbocycles. The molecule has 0 saturated carbocycles. The van der Waals surface area contributed by atoms with Crippen molar-refractivity contribution in [1.82, 2.24) is 10.2 Å². The zero-order valence-corrected chi connectivity index (χ0v) is 11.6. The normalized spacial score (nSPS) is 28.2. The Kier molecular flexibility index (Phi) is 3.83. The molecule has 0 aromatic carbocycles. The van der Waals surface area contributed by atoms with E-state index in [0.717, 1.165) is 19.6 Å². The van der Waals surface area contributed by atoms with Crippen LogP contribution in [0, 0.1) is 0 Å². The van der Waals surface area contributed by atoms with Crippen LogP contribution in [0.2, 0.25) is 0 Å². The van der Waals surface area contributed by atoms with E-state index in [0.29, 0.717) is 12.1 Å². The Balaban J connectivity index is 1.98. The molecule has 1 saturated heterocycles. The largest absolute Gasteiger partial charge is 0.311 e. The summed E-state index contributed by atoms with van der Waals surface area (Å²) in [7, 11) is 0. The Morgan fingerprint density at radius 2 is 2.40 bits per heavy atom. The highest BCUT2D eigenvalue weighted by molar-refractivity contribution is 9.11. The van der Waals surface area contributed by atoms with Crippen molar-refractivity contribution >= 4 is 27.3 Å². The molecule has 1 N–H and O–H groups in total. The average Bonchev–Trinajstić information content (AvgIpc) is 2.58. The molecule has 1 aliphatic heterocycles. The van der Waals surface area contributed by atoms with E-state index in [1.165, 1.54) is 9.35 Å². The van der Waals surface area contributed by atoms with Crippen molar-refractivity contribution in [1.29, 1.82) is 0 Å². The fourth-order valence-corrected chi connectivity index (χ4v) is 3.18. The molecule has 2 nitrogen and oxygen atoms in total. The van der Waals surface area contributed by atoms with Crippen LogP contribution < -0.4 is 5.32 Å². The van der Waals surface area contributed by atoms with E-state index in [1.807, 2.05) is 0 Å². The van der Waals surface area contributed by atoms with Crippen LogP contribution in [-0.4, -0.2) is 30.1 Å². The van der Waals surface area contributed by atoms with E-state index >= 15 is 0 Å². The second kappa shape index (κ2) is 4.95. The molecule has 1 aromatic rings. The zero-order valence-electron chi connectivity index (χ0n) is 9.16. The second-order valence-electron chi connectivity index (χ2n) is 4.35. The van der Waals surface area contributed by atoms with Crippen molar-refractivity contribution < 1.29 is 0 Å². The third-order valence-corrected chi connectivity index (χ3v) is 4.45. The summed E-state index contributed by atoms with van der Waals surface area (Å²) in [5.74, 6) is 0. The first kappa shape index (κ1) is 11.6. The number of nitrogens with one attached hydrogen (secondary N) is 1. The van der Waals surface area contributed by atoms with Crippen LogP contribution in [0.1, 0.15) is 19.4 Å². The SMILES string of the molecule is CC1CN(Cc2csc(Br)c2)C(C)CN1. The van der Waals surface area contributed by atoms with E-state index < -0.39 is 0 Å².